The van der Waals surface area contributed by atoms with Crippen molar-refractivity contribution in [3.8, 4) is 0 Å². The zero-order valence-electron chi connectivity index (χ0n) is 15.8. The average Bonchev–Trinajstić information content (AvgIpc) is 2.61. The van der Waals surface area contributed by atoms with Gasteiger partial charge in [0.25, 0.3) is 0 Å². The summed E-state index contributed by atoms with van der Waals surface area (Å²) >= 11 is 5.77. The predicted octanol–water partition coefficient (Wildman–Crippen LogP) is 2.74. The second-order valence-electron chi connectivity index (χ2n) is 6.55. The van der Waals surface area contributed by atoms with Crippen LogP contribution in [0.1, 0.15) is 31.7 Å². The van der Waals surface area contributed by atoms with Crippen LogP contribution in [-0.2, 0) is 11.4 Å². The third kappa shape index (κ3) is 10.7. The molecule has 144 valence electrons. The lowest BCUT2D eigenvalue weighted by molar-refractivity contribution is 0.0188. The van der Waals surface area contributed by atoms with Gasteiger partial charge >= 0.3 is 0 Å². The van der Waals surface area contributed by atoms with Gasteiger partial charge in [0, 0.05) is 38.2 Å². The van der Waals surface area contributed by atoms with Crippen molar-refractivity contribution in [2.75, 3.05) is 50.6 Å². The lowest BCUT2D eigenvalue weighted by atomic mass is 10.1. The van der Waals surface area contributed by atoms with Crippen molar-refractivity contribution < 1.29 is 4.84 Å². The topological polar surface area (TPSA) is 62.6 Å². The van der Waals surface area contributed by atoms with Gasteiger partial charge in [-0.05, 0) is 56.0 Å². The molecule has 0 aliphatic carbocycles. The van der Waals surface area contributed by atoms with Crippen molar-refractivity contribution in [2.24, 2.45) is 11.7 Å². The van der Waals surface area contributed by atoms with Crippen molar-refractivity contribution in [3.05, 3.63) is 29.8 Å². The average molecular weight is 371 g/mol. The highest BCUT2D eigenvalue weighted by Gasteiger charge is 2.01. The molecule has 0 heterocycles. The number of unbranched alkanes of at least 4 members (excludes halogenated alkanes) is 1. The van der Waals surface area contributed by atoms with Gasteiger partial charge in [-0.15, -0.1) is 11.6 Å². The summed E-state index contributed by atoms with van der Waals surface area (Å²) in [4.78, 5) is 7.60. The summed E-state index contributed by atoms with van der Waals surface area (Å²) in [6, 6.07) is 8.64. The zero-order valence-corrected chi connectivity index (χ0v) is 16.5. The Hall–Kier alpha value is -0.850. The van der Waals surface area contributed by atoms with E-state index in [1.165, 1.54) is 11.3 Å². The van der Waals surface area contributed by atoms with E-state index >= 15 is 0 Å². The minimum Gasteiger partial charge on any atom is -0.373 e. The highest BCUT2D eigenvalue weighted by molar-refractivity contribution is 6.18. The molecule has 1 unspecified atom stereocenters. The normalized spacial score (nSPS) is 12.3. The third-order valence-electron chi connectivity index (χ3n) is 4.14. The molecule has 0 aliphatic rings. The first kappa shape index (κ1) is 22.2. The number of rotatable bonds is 15. The number of hydroxylamine groups is 1. The van der Waals surface area contributed by atoms with Gasteiger partial charge in [-0.1, -0.05) is 19.1 Å². The van der Waals surface area contributed by atoms with E-state index < -0.39 is 0 Å². The van der Waals surface area contributed by atoms with E-state index in [9.17, 15) is 0 Å². The largest absolute Gasteiger partial charge is 0.373 e. The van der Waals surface area contributed by atoms with E-state index in [2.05, 4.69) is 53.9 Å². The molecule has 0 aromatic heterocycles. The second kappa shape index (κ2) is 14.3. The summed E-state index contributed by atoms with van der Waals surface area (Å²) in [6.07, 6.45) is 3.24. The maximum Gasteiger partial charge on any atom is 0.0708 e. The number of nitrogens with two attached hydrogens (primary N) is 1. The second-order valence-corrected chi connectivity index (χ2v) is 6.93. The Morgan fingerprint density at radius 1 is 1.20 bits per heavy atom. The Morgan fingerprint density at radius 2 is 1.92 bits per heavy atom. The molecule has 0 radical (unpaired) electrons. The van der Waals surface area contributed by atoms with Crippen LogP contribution in [0.4, 0.5) is 5.69 Å². The highest BCUT2D eigenvalue weighted by atomic mass is 35.5. The summed E-state index contributed by atoms with van der Waals surface area (Å²) in [5, 5.41) is 3.48. The van der Waals surface area contributed by atoms with Crippen LogP contribution < -0.4 is 21.4 Å². The molecule has 0 spiro atoms. The fourth-order valence-corrected chi connectivity index (χ4v) is 2.70. The fourth-order valence-electron chi connectivity index (χ4n) is 2.45. The van der Waals surface area contributed by atoms with Gasteiger partial charge in [0.05, 0.1) is 6.61 Å². The molecule has 0 aliphatic heterocycles. The third-order valence-corrected chi connectivity index (χ3v) is 4.31. The van der Waals surface area contributed by atoms with Crippen molar-refractivity contribution in [3.63, 3.8) is 0 Å². The molecule has 0 fully saturated rings. The summed E-state index contributed by atoms with van der Waals surface area (Å²) in [6.45, 7) is 7.27. The highest BCUT2D eigenvalue weighted by Crippen LogP contribution is 2.13. The number of hydrogen-bond acceptors (Lipinski definition) is 5. The van der Waals surface area contributed by atoms with E-state index in [4.69, 9.17) is 22.2 Å². The molecule has 6 heteroatoms. The number of alkyl halides is 1. The van der Waals surface area contributed by atoms with Crippen molar-refractivity contribution in [2.45, 2.75) is 32.7 Å². The molecule has 0 saturated carbocycles. The molecule has 0 saturated heterocycles. The summed E-state index contributed by atoms with van der Waals surface area (Å²) < 4.78 is 0. The lowest BCUT2D eigenvalue weighted by Crippen LogP contribution is -2.22. The van der Waals surface area contributed by atoms with Crippen molar-refractivity contribution in [1.82, 2.24) is 10.8 Å². The molecule has 1 aromatic rings. The molecule has 1 rings (SSSR count). The molecular formula is C19H35ClN4O. The van der Waals surface area contributed by atoms with E-state index in [1.807, 2.05) is 0 Å². The molecule has 5 nitrogen and oxygen atoms in total. The van der Waals surface area contributed by atoms with Gasteiger partial charge in [-0.2, -0.15) is 0 Å². The van der Waals surface area contributed by atoms with Crippen LogP contribution >= 0.6 is 11.6 Å². The van der Waals surface area contributed by atoms with Crippen LogP contribution in [0.25, 0.3) is 0 Å². The first-order valence-electron chi connectivity index (χ1n) is 9.28. The quantitative estimate of drug-likeness (QED) is 0.252. The summed E-state index contributed by atoms with van der Waals surface area (Å²) in [7, 11) is 2.06. The lowest BCUT2D eigenvalue weighted by Gasteiger charge is -2.18. The maximum atomic E-state index is 5.77. The van der Waals surface area contributed by atoms with Gasteiger partial charge < -0.3 is 20.8 Å². The first-order valence-corrected chi connectivity index (χ1v) is 9.82. The SMILES string of the molecule is CC(CCN)CONCCCCNCc1ccc(N(C)CCCl)cc1. The predicted molar refractivity (Wildman–Crippen MR) is 108 cm³/mol. The molecule has 1 aromatic carbocycles. The number of benzene rings is 1. The number of anilines is 1. The van der Waals surface area contributed by atoms with Crippen LogP contribution in [0.2, 0.25) is 0 Å². The Morgan fingerprint density at radius 3 is 2.60 bits per heavy atom. The number of hydrogen-bond donors (Lipinski definition) is 3. The Bertz CT molecular complexity index is 430. The van der Waals surface area contributed by atoms with Crippen molar-refractivity contribution in [1.29, 1.82) is 0 Å². The van der Waals surface area contributed by atoms with E-state index in [0.717, 1.165) is 58.6 Å². The Labute approximate surface area is 158 Å². The van der Waals surface area contributed by atoms with Gasteiger partial charge in [0.1, 0.15) is 0 Å². The van der Waals surface area contributed by atoms with Gasteiger partial charge in [0.2, 0.25) is 0 Å². The standard InChI is InChI=1S/C19H35ClN4O/c1-17(9-11-21)16-25-23-13-4-3-12-22-15-18-5-7-19(8-6-18)24(2)14-10-20/h5-8,17,22-23H,3-4,9-16,21H2,1-2H3. The Kier molecular flexibility index (Phi) is 12.7. The van der Waals surface area contributed by atoms with Gasteiger partial charge in [-0.25, -0.2) is 5.48 Å². The minimum absolute atomic E-state index is 0.514. The molecule has 0 bridgehead atoms. The van der Waals surface area contributed by atoms with Crippen LogP contribution in [0, 0.1) is 5.92 Å². The van der Waals surface area contributed by atoms with Gasteiger partial charge in [-0.3, -0.25) is 0 Å². The Balaban J connectivity index is 2.01. The van der Waals surface area contributed by atoms with E-state index in [0.29, 0.717) is 11.8 Å². The van der Waals surface area contributed by atoms with E-state index in [-0.39, 0.29) is 0 Å². The number of halogens is 1. The zero-order chi connectivity index (χ0) is 18.3. The van der Waals surface area contributed by atoms with Crippen molar-refractivity contribution >= 4 is 17.3 Å². The van der Waals surface area contributed by atoms with E-state index in [1.54, 1.807) is 0 Å². The van der Waals surface area contributed by atoms with Crippen LogP contribution in [0.3, 0.4) is 0 Å². The summed E-state index contributed by atoms with van der Waals surface area (Å²) in [5.74, 6) is 1.16. The fraction of sp³-hybridized carbons (Fsp3) is 0.684. The molecule has 4 N–H and O–H groups in total. The van der Waals surface area contributed by atoms with Gasteiger partial charge in [0.15, 0.2) is 0 Å². The maximum absolute atomic E-state index is 5.77. The smallest absolute Gasteiger partial charge is 0.0708 e. The molecule has 0 amide bonds. The number of nitrogens with zero attached hydrogens (tertiary/aromatic N) is 1. The molecule has 25 heavy (non-hydrogen) atoms. The van der Waals surface area contributed by atoms with Crippen LogP contribution in [-0.4, -0.2) is 45.7 Å². The number of nitrogens with one attached hydrogen (secondary N) is 2. The minimum atomic E-state index is 0.514. The summed E-state index contributed by atoms with van der Waals surface area (Å²) in [5.41, 5.74) is 11.0. The molecular weight excluding hydrogens is 336 g/mol. The van der Waals surface area contributed by atoms with Crippen LogP contribution in [0.15, 0.2) is 24.3 Å². The first-order chi connectivity index (χ1) is 12.2. The monoisotopic (exact) mass is 370 g/mol. The molecule has 1 atom stereocenters. The van der Waals surface area contributed by atoms with Crippen LogP contribution in [0.5, 0.6) is 0 Å².